The summed E-state index contributed by atoms with van der Waals surface area (Å²) in [5, 5.41) is 10.3. The molecule has 0 bridgehead atoms. The molecule has 0 aliphatic heterocycles. The maximum atomic E-state index is 11.2. The minimum atomic E-state index is -0.949. The summed E-state index contributed by atoms with van der Waals surface area (Å²) in [7, 11) is 0. The topological polar surface area (TPSA) is 88.3 Å². The Bertz CT molecular complexity index is 839. The molecule has 0 aliphatic rings. The van der Waals surface area contributed by atoms with Crippen molar-refractivity contribution in [2.75, 3.05) is 6.54 Å². The van der Waals surface area contributed by atoms with Crippen LogP contribution < -0.4 is 10.5 Å². The van der Waals surface area contributed by atoms with Crippen LogP contribution in [0.2, 0.25) is 0 Å². The number of aromatic carboxylic acids is 1. The highest BCUT2D eigenvalue weighted by atomic mass is 16.5. The lowest BCUT2D eigenvalue weighted by Gasteiger charge is -2.09. The molecule has 0 fully saturated rings. The lowest BCUT2D eigenvalue weighted by atomic mass is 10.1. The van der Waals surface area contributed by atoms with Crippen LogP contribution in [0.15, 0.2) is 48.7 Å². The molecule has 5 heteroatoms. The van der Waals surface area contributed by atoms with E-state index in [9.17, 15) is 9.90 Å². The van der Waals surface area contributed by atoms with Crippen molar-refractivity contribution in [2.24, 2.45) is 5.73 Å². The number of ether oxygens (including phenoxy) is 1. The second kappa shape index (κ2) is 6.54. The standard InChI is InChI=1S/C18H18N2O3/c19-8-7-12-10-20-17-6-5-14(9-16(12)17)23-11-13-3-1-2-4-15(13)18(21)22/h1-6,9-10,20H,7-8,11,19H2,(H,21,22). The molecule has 0 atom stereocenters. The molecular formula is C18H18N2O3. The summed E-state index contributed by atoms with van der Waals surface area (Å²) in [6, 6.07) is 12.6. The van der Waals surface area contributed by atoms with Crippen molar-refractivity contribution < 1.29 is 14.6 Å². The number of carboxylic acid groups (broad SMARTS) is 1. The minimum absolute atomic E-state index is 0.213. The Balaban J connectivity index is 1.82. The molecule has 23 heavy (non-hydrogen) atoms. The van der Waals surface area contributed by atoms with Crippen molar-refractivity contribution in [2.45, 2.75) is 13.0 Å². The summed E-state index contributed by atoms with van der Waals surface area (Å²) < 4.78 is 5.79. The van der Waals surface area contributed by atoms with E-state index in [0.717, 1.165) is 22.9 Å². The van der Waals surface area contributed by atoms with Gasteiger partial charge in [0.15, 0.2) is 0 Å². The second-order valence-corrected chi connectivity index (χ2v) is 5.31. The summed E-state index contributed by atoms with van der Waals surface area (Å²) in [6.45, 7) is 0.800. The van der Waals surface area contributed by atoms with Crippen LogP contribution in [0.25, 0.3) is 10.9 Å². The van der Waals surface area contributed by atoms with Gasteiger partial charge in [0.2, 0.25) is 0 Å². The summed E-state index contributed by atoms with van der Waals surface area (Å²) in [6.07, 6.45) is 2.76. The van der Waals surface area contributed by atoms with Gasteiger partial charge in [-0.3, -0.25) is 0 Å². The Hall–Kier alpha value is -2.79. The molecule has 0 spiro atoms. The Morgan fingerprint density at radius 2 is 2.00 bits per heavy atom. The van der Waals surface area contributed by atoms with Gasteiger partial charge in [0, 0.05) is 22.7 Å². The number of hydrogen-bond acceptors (Lipinski definition) is 3. The fourth-order valence-electron chi connectivity index (χ4n) is 2.63. The van der Waals surface area contributed by atoms with Crippen LogP contribution in [-0.2, 0) is 13.0 Å². The Morgan fingerprint density at radius 3 is 2.78 bits per heavy atom. The summed E-state index contributed by atoms with van der Waals surface area (Å²) >= 11 is 0. The lowest BCUT2D eigenvalue weighted by Crippen LogP contribution is -2.05. The maximum absolute atomic E-state index is 11.2. The first-order valence-corrected chi connectivity index (χ1v) is 7.43. The van der Waals surface area contributed by atoms with Crippen LogP contribution in [-0.4, -0.2) is 22.6 Å². The monoisotopic (exact) mass is 310 g/mol. The number of nitrogens with two attached hydrogens (primary N) is 1. The zero-order valence-electron chi connectivity index (χ0n) is 12.6. The van der Waals surface area contributed by atoms with Crippen molar-refractivity contribution in [1.82, 2.24) is 4.98 Å². The van der Waals surface area contributed by atoms with E-state index < -0.39 is 5.97 Å². The molecule has 0 amide bonds. The van der Waals surface area contributed by atoms with E-state index in [-0.39, 0.29) is 12.2 Å². The number of aromatic amines is 1. The average Bonchev–Trinajstić information content (AvgIpc) is 2.96. The molecule has 0 saturated heterocycles. The zero-order valence-corrected chi connectivity index (χ0v) is 12.6. The van der Waals surface area contributed by atoms with Gasteiger partial charge in [-0.05, 0) is 42.8 Å². The van der Waals surface area contributed by atoms with E-state index >= 15 is 0 Å². The van der Waals surface area contributed by atoms with Crippen LogP contribution in [0.1, 0.15) is 21.5 Å². The van der Waals surface area contributed by atoms with E-state index in [4.69, 9.17) is 10.5 Å². The number of fused-ring (bicyclic) bond motifs is 1. The van der Waals surface area contributed by atoms with Crippen molar-refractivity contribution in [3.63, 3.8) is 0 Å². The number of rotatable bonds is 6. The van der Waals surface area contributed by atoms with Crippen molar-refractivity contribution in [3.8, 4) is 5.75 Å². The van der Waals surface area contributed by atoms with Gasteiger partial charge in [0.25, 0.3) is 0 Å². The Labute approximate surface area is 133 Å². The van der Waals surface area contributed by atoms with Crippen molar-refractivity contribution in [3.05, 3.63) is 65.4 Å². The highest BCUT2D eigenvalue weighted by Crippen LogP contribution is 2.25. The first-order chi connectivity index (χ1) is 11.2. The van der Waals surface area contributed by atoms with Crippen LogP contribution in [0, 0.1) is 0 Å². The summed E-state index contributed by atoms with van der Waals surface area (Å²) in [5.74, 6) is -0.244. The highest BCUT2D eigenvalue weighted by Gasteiger charge is 2.10. The molecule has 1 heterocycles. The molecule has 5 nitrogen and oxygen atoms in total. The summed E-state index contributed by atoms with van der Waals surface area (Å²) in [5.41, 5.74) is 8.73. The molecule has 1 aromatic heterocycles. The second-order valence-electron chi connectivity index (χ2n) is 5.31. The van der Waals surface area contributed by atoms with E-state index in [1.165, 1.54) is 0 Å². The predicted molar refractivity (Wildman–Crippen MR) is 88.8 cm³/mol. The van der Waals surface area contributed by atoms with E-state index in [1.54, 1.807) is 24.3 Å². The number of hydrogen-bond donors (Lipinski definition) is 3. The van der Waals surface area contributed by atoms with Crippen LogP contribution >= 0.6 is 0 Å². The minimum Gasteiger partial charge on any atom is -0.489 e. The van der Waals surface area contributed by atoms with Gasteiger partial charge >= 0.3 is 5.97 Å². The molecule has 0 unspecified atom stereocenters. The fraction of sp³-hybridized carbons (Fsp3) is 0.167. The van der Waals surface area contributed by atoms with Gasteiger partial charge in [0.1, 0.15) is 12.4 Å². The Kier molecular flexibility index (Phi) is 4.30. The highest BCUT2D eigenvalue weighted by molar-refractivity contribution is 5.89. The van der Waals surface area contributed by atoms with E-state index in [1.807, 2.05) is 24.4 Å². The van der Waals surface area contributed by atoms with Gasteiger partial charge in [-0.15, -0.1) is 0 Å². The van der Waals surface area contributed by atoms with E-state index in [2.05, 4.69) is 4.98 Å². The molecular weight excluding hydrogens is 292 g/mol. The molecule has 0 saturated carbocycles. The van der Waals surface area contributed by atoms with Crippen LogP contribution in [0.3, 0.4) is 0 Å². The van der Waals surface area contributed by atoms with Crippen LogP contribution in [0.4, 0.5) is 0 Å². The third-order valence-corrected chi connectivity index (χ3v) is 3.79. The first kappa shape index (κ1) is 15.1. The molecule has 118 valence electrons. The number of nitrogens with one attached hydrogen (secondary N) is 1. The third kappa shape index (κ3) is 3.19. The fourth-order valence-corrected chi connectivity index (χ4v) is 2.63. The molecule has 3 rings (SSSR count). The lowest BCUT2D eigenvalue weighted by molar-refractivity contribution is 0.0694. The zero-order chi connectivity index (χ0) is 16.2. The average molecular weight is 310 g/mol. The number of carboxylic acids is 1. The van der Waals surface area contributed by atoms with Gasteiger partial charge in [-0.25, -0.2) is 4.79 Å². The largest absolute Gasteiger partial charge is 0.489 e. The number of carbonyl (C=O) groups is 1. The molecule has 2 aromatic carbocycles. The summed E-state index contributed by atoms with van der Waals surface area (Å²) in [4.78, 5) is 14.4. The number of benzene rings is 2. The quantitative estimate of drug-likeness (QED) is 0.653. The van der Waals surface area contributed by atoms with Crippen molar-refractivity contribution in [1.29, 1.82) is 0 Å². The molecule has 4 N–H and O–H groups in total. The number of aromatic nitrogens is 1. The van der Waals surface area contributed by atoms with Gasteiger partial charge in [0.05, 0.1) is 5.56 Å². The number of H-pyrrole nitrogens is 1. The predicted octanol–water partition coefficient (Wildman–Crippen LogP) is 2.95. The van der Waals surface area contributed by atoms with E-state index in [0.29, 0.717) is 17.9 Å². The molecule has 0 radical (unpaired) electrons. The SMILES string of the molecule is NCCc1c[nH]c2ccc(OCc3ccccc3C(=O)O)cc12. The molecule has 0 aliphatic carbocycles. The maximum Gasteiger partial charge on any atom is 0.336 e. The Morgan fingerprint density at radius 1 is 1.17 bits per heavy atom. The first-order valence-electron chi connectivity index (χ1n) is 7.43. The third-order valence-electron chi connectivity index (χ3n) is 3.79. The van der Waals surface area contributed by atoms with Gasteiger partial charge < -0.3 is 20.6 Å². The molecule has 3 aromatic rings. The van der Waals surface area contributed by atoms with Crippen LogP contribution in [0.5, 0.6) is 5.75 Å². The van der Waals surface area contributed by atoms with Gasteiger partial charge in [-0.2, -0.15) is 0 Å². The normalized spacial score (nSPS) is 10.8. The van der Waals surface area contributed by atoms with Gasteiger partial charge in [-0.1, -0.05) is 18.2 Å². The smallest absolute Gasteiger partial charge is 0.336 e. The van der Waals surface area contributed by atoms with Crippen molar-refractivity contribution >= 4 is 16.9 Å².